The fourth-order valence-electron chi connectivity index (χ4n) is 12.7. The van der Waals surface area contributed by atoms with Gasteiger partial charge in [0.25, 0.3) is 0 Å². The Morgan fingerprint density at radius 1 is 0.340 bits per heavy atom. The Morgan fingerprint density at radius 2 is 0.757 bits per heavy atom. The molecule has 0 fully saturated rings. The van der Waals surface area contributed by atoms with Crippen molar-refractivity contribution in [1.82, 2.24) is 19.9 Å². The predicted octanol–water partition coefficient (Wildman–Crippen LogP) is 26.1. The zero-order valence-electron chi connectivity index (χ0n) is 61.6. The molecule has 0 radical (unpaired) electrons. The third-order valence-corrected chi connectivity index (χ3v) is 19.0. The number of nitrogens with zero attached hydrogens (tertiary/aromatic N) is 5. The fraction of sp³-hybridized carbons (Fsp3) is 0.191. The molecule has 0 unspecified atom stereocenters. The van der Waals surface area contributed by atoms with Crippen LogP contribution < -0.4 is 19.7 Å². The lowest BCUT2D eigenvalue weighted by atomic mass is 9.79. The first kappa shape index (κ1) is 71.8. The molecule has 0 amide bonds. The number of hydrogen-bond acceptors (Lipinski definition) is 8. The van der Waals surface area contributed by atoms with Crippen LogP contribution in [0.4, 0.5) is 28.6 Å². The lowest BCUT2D eigenvalue weighted by Gasteiger charge is -2.27. The number of methoxy groups -OCH3 is 2. The lowest BCUT2D eigenvalue weighted by Crippen LogP contribution is -2.16. The highest BCUT2D eigenvalue weighted by molar-refractivity contribution is 9.10. The first-order chi connectivity index (χ1) is 49.4. The van der Waals surface area contributed by atoms with Gasteiger partial charge in [0.05, 0.1) is 42.7 Å². The van der Waals surface area contributed by atoms with Gasteiger partial charge in [-0.15, -0.1) is 0 Å². The van der Waals surface area contributed by atoms with Crippen molar-refractivity contribution in [2.24, 2.45) is 0 Å². The molecule has 0 aliphatic rings. The summed E-state index contributed by atoms with van der Waals surface area (Å²) in [6.45, 7) is 27.4. The summed E-state index contributed by atoms with van der Waals surface area (Å²) >= 11 is 3.20. The second-order valence-electron chi connectivity index (χ2n) is 30.2. The minimum atomic E-state index is -0.0117. The average Bonchev–Trinajstić information content (AvgIpc) is 0.780. The van der Waals surface area contributed by atoms with Crippen LogP contribution in [0, 0.1) is 0 Å². The summed E-state index contributed by atoms with van der Waals surface area (Å²) in [4.78, 5) is 21.5. The van der Waals surface area contributed by atoms with E-state index in [1.165, 1.54) is 49.5 Å². The smallest absolute Gasteiger partial charge is 0.137 e. The standard InChI is InChI=1S/C47H45N3O.C42H42N2O.C5H4BrN/c1-46(2,3)36-26-34(27-37(31-36)47(4,5)6)35-29-41(49-42(30-35)40-21-10-11-23-44(40)51-7)33-18-14-19-38(28-33)50(45-24-12-13-25-48-45)43-22-15-17-32-16-8-9-20-39(32)43;1-41(2,3)32-22-30(23-33(27-32)42(4,5)6)31-25-38(44-39(26-31)36-19-10-11-21-40(36)45-7)29-16-12-17-34(24-29)43-37-20-13-15-28-14-8-9-18-35(28)37;6-5-3-1-2-4-7-5/h8-31H,1-7H3;8-27,43H,1-7H3;1-4H. The van der Waals surface area contributed by atoms with Gasteiger partial charge in [0.2, 0.25) is 0 Å². The molecule has 0 spiro atoms. The average molecular weight is 1420 g/mol. The van der Waals surface area contributed by atoms with E-state index in [1.54, 1.807) is 20.4 Å². The molecular formula is C94H91BrN6O2. The van der Waals surface area contributed by atoms with Gasteiger partial charge in [-0.1, -0.05) is 253 Å². The monoisotopic (exact) mass is 1410 g/mol. The van der Waals surface area contributed by atoms with E-state index in [9.17, 15) is 0 Å². The Labute approximate surface area is 617 Å². The summed E-state index contributed by atoms with van der Waals surface area (Å²) in [5.41, 5.74) is 21.5. The maximum atomic E-state index is 5.85. The van der Waals surface area contributed by atoms with Gasteiger partial charge in [-0.3, -0.25) is 4.90 Å². The second-order valence-corrected chi connectivity index (χ2v) is 31.0. The highest BCUT2D eigenvalue weighted by Gasteiger charge is 2.26. The van der Waals surface area contributed by atoms with Crippen molar-refractivity contribution < 1.29 is 9.47 Å². The molecular weight excluding hydrogens is 1320 g/mol. The normalized spacial score (nSPS) is 11.6. The van der Waals surface area contributed by atoms with Crippen molar-refractivity contribution in [2.45, 2.75) is 105 Å². The fourth-order valence-corrected chi connectivity index (χ4v) is 12.9. The summed E-state index contributed by atoms with van der Waals surface area (Å²) in [5, 5.41) is 8.40. The minimum absolute atomic E-state index is 0.0117. The summed E-state index contributed by atoms with van der Waals surface area (Å²) in [6.07, 6.45) is 3.59. The summed E-state index contributed by atoms with van der Waals surface area (Å²) in [7, 11) is 3.43. The first-order valence-electron chi connectivity index (χ1n) is 35.2. The van der Waals surface area contributed by atoms with E-state index in [0.717, 1.165) is 106 Å². The third kappa shape index (κ3) is 17.2. The van der Waals surface area contributed by atoms with Crippen LogP contribution in [0.25, 0.3) is 88.8 Å². The number of halogens is 1. The molecule has 0 saturated carbocycles. The maximum absolute atomic E-state index is 5.85. The molecule has 0 atom stereocenters. The molecule has 516 valence electrons. The quantitative estimate of drug-likeness (QED) is 0.114. The van der Waals surface area contributed by atoms with Crippen molar-refractivity contribution in [3.63, 3.8) is 0 Å². The van der Waals surface area contributed by atoms with Crippen LogP contribution >= 0.6 is 15.9 Å². The third-order valence-electron chi connectivity index (χ3n) is 18.6. The number of para-hydroxylation sites is 2. The Morgan fingerprint density at radius 3 is 1.24 bits per heavy atom. The largest absolute Gasteiger partial charge is 0.496 e. The van der Waals surface area contributed by atoms with Crippen molar-refractivity contribution in [2.75, 3.05) is 24.4 Å². The van der Waals surface area contributed by atoms with E-state index in [4.69, 9.17) is 24.4 Å². The molecule has 14 rings (SSSR count). The van der Waals surface area contributed by atoms with E-state index in [2.05, 4.69) is 327 Å². The van der Waals surface area contributed by atoms with Crippen LogP contribution in [-0.4, -0.2) is 34.2 Å². The second kappa shape index (κ2) is 30.7. The van der Waals surface area contributed by atoms with Crippen LogP contribution in [-0.2, 0) is 21.7 Å². The zero-order chi connectivity index (χ0) is 72.6. The summed E-state index contributed by atoms with van der Waals surface area (Å²) < 4.78 is 12.5. The molecule has 9 heteroatoms. The van der Waals surface area contributed by atoms with Crippen LogP contribution in [0.3, 0.4) is 0 Å². The minimum Gasteiger partial charge on any atom is -0.496 e. The van der Waals surface area contributed by atoms with Crippen LogP contribution in [0.1, 0.15) is 105 Å². The Kier molecular flexibility index (Phi) is 21.4. The van der Waals surface area contributed by atoms with Crippen LogP contribution in [0.15, 0.2) is 296 Å². The molecule has 0 saturated heterocycles. The Balaban J connectivity index is 0.000000178. The number of rotatable bonds is 13. The van der Waals surface area contributed by atoms with E-state index >= 15 is 0 Å². The van der Waals surface area contributed by atoms with Gasteiger partial charge >= 0.3 is 0 Å². The van der Waals surface area contributed by atoms with E-state index < -0.39 is 0 Å². The number of pyridine rings is 4. The van der Waals surface area contributed by atoms with E-state index in [0.29, 0.717) is 0 Å². The van der Waals surface area contributed by atoms with Crippen molar-refractivity contribution >= 4 is 66.0 Å². The molecule has 0 aliphatic carbocycles. The van der Waals surface area contributed by atoms with Gasteiger partial charge in [0, 0.05) is 62.5 Å². The van der Waals surface area contributed by atoms with Gasteiger partial charge < -0.3 is 14.8 Å². The summed E-state index contributed by atoms with van der Waals surface area (Å²) in [6, 6.07) is 97.9. The van der Waals surface area contributed by atoms with E-state index in [1.807, 2.05) is 72.9 Å². The number of fused-ring (bicyclic) bond motifs is 2. The molecule has 103 heavy (non-hydrogen) atoms. The number of hydrogen-bond donors (Lipinski definition) is 1. The highest BCUT2D eigenvalue weighted by Crippen LogP contribution is 2.44. The number of ether oxygens (including phenoxy) is 2. The number of benzene rings is 10. The molecule has 4 aromatic heterocycles. The first-order valence-corrected chi connectivity index (χ1v) is 36.0. The van der Waals surface area contributed by atoms with Crippen LogP contribution in [0.2, 0.25) is 0 Å². The van der Waals surface area contributed by atoms with Gasteiger partial charge in [-0.25, -0.2) is 19.9 Å². The van der Waals surface area contributed by atoms with Gasteiger partial charge in [0.15, 0.2) is 0 Å². The molecule has 4 heterocycles. The topological polar surface area (TPSA) is 85.3 Å². The van der Waals surface area contributed by atoms with Gasteiger partial charge in [0.1, 0.15) is 21.9 Å². The number of aromatic nitrogens is 4. The Hall–Kier alpha value is -11.0. The molecule has 8 nitrogen and oxygen atoms in total. The molecule has 14 aromatic rings. The maximum Gasteiger partial charge on any atom is 0.137 e. The van der Waals surface area contributed by atoms with E-state index in [-0.39, 0.29) is 21.7 Å². The van der Waals surface area contributed by atoms with Crippen molar-refractivity contribution in [3.05, 3.63) is 318 Å². The molecule has 1 N–H and O–H groups in total. The number of nitrogens with one attached hydrogen (secondary N) is 1. The Bertz CT molecular complexity index is 5220. The van der Waals surface area contributed by atoms with Crippen molar-refractivity contribution in [1.29, 1.82) is 0 Å². The highest BCUT2D eigenvalue weighted by atomic mass is 79.9. The lowest BCUT2D eigenvalue weighted by molar-refractivity contribution is 0.416. The molecule has 10 aromatic carbocycles. The SMILES string of the molecule is Brc1ccccn1.COc1ccccc1-c1cc(-c2cc(C(C)(C)C)cc(C(C)(C)C)c2)cc(-c2cccc(N(c3ccccn3)c3cccc4ccccc34)c2)n1.COc1ccccc1-c1cc(-c2cc(C(C)(C)C)cc(C(C)(C)C)c2)cc(-c2cccc(Nc3cccc4ccccc34)c2)n1. The molecule has 0 aliphatic heterocycles. The van der Waals surface area contributed by atoms with Gasteiger partial charge in [-0.05, 0) is 202 Å². The van der Waals surface area contributed by atoms with Gasteiger partial charge in [-0.2, -0.15) is 0 Å². The predicted molar refractivity (Wildman–Crippen MR) is 438 cm³/mol. The number of anilines is 5. The summed E-state index contributed by atoms with van der Waals surface area (Å²) in [5.74, 6) is 2.44. The van der Waals surface area contributed by atoms with Crippen molar-refractivity contribution in [3.8, 4) is 78.8 Å². The molecule has 0 bridgehead atoms. The zero-order valence-corrected chi connectivity index (χ0v) is 63.2. The van der Waals surface area contributed by atoms with Crippen LogP contribution in [0.5, 0.6) is 11.5 Å².